The van der Waals surface area contributed by atoms with Gasteiger partial charge in [-0.25, -0.2) is 4.79 Å². The van der Waals surface area contributed by atoms with Gasteiger partial charge >= 0.3 is 6.09 Å². The van der Waals surface area contributed by atoms with Crippen LogP contribution in [0.5, 0.6) is 5.75 Å². The Morgan fingerprint density at radius 3 is 3.19 bits per heavy atom. The average Bonchev–Trinajstić information content (AvgIpc) is 2.29. The molecule has 0 N–H and O–H groups in total. The number of amidine groups is 1. The largest absolute Gasteiger partial charge is 0.420 e. The predicted octanol–water partition coefficient (Wildman–Crippen LogP) is 1.96. The van der Waals surface area contributed by atoms with Gasteiger partial charge < -0.3 is 4.74 Å². The van der Waals surface area contributed by atoms with Crippen molar-refractivity contribution in [1.29, 1.82) is 0 Å². The summed E-state index contributed by atoms with van der Waals surface area (Å²) in [6, 6.07) is 5.85. The molecule has 4 nitrogen and oxygen atoms in total. The van der Waals surface area contributed by atoms with E-state index in [2.05, 4.69) is 4.99 Å². The van der Waals surface area contributed by atoms with Crippen LogP contribution >= 0.6 is 0 Å². The summed E-state index contributed by atoms with van der Waals surface area (Å²) in [5.41, 5.74) is 2.00. The third-order valence-corrected chi connectivity index (χ3v) is 2.85. The second kappa shape index (κ2) is 3.33. The Balaban J connectivity index is 2.16. The van der Waals surface area contributed by atoms with E-state index in [0.29, 0.717) is 12.3 Å². The van der Waals surface area contributed by atoms with Crippen molar-refractivity contribution in [1.82, 2.24) is 4.90 Å². The van der Waals surface area contributed by atoms with Crippen LogP contribution in [0.3, 0.4) is 0 Å². The van der Waals surface area contributed by atoms with E-state index in [0.717, 1.165) is 29.9 Å². The molecule has 0 saturated heterocycles. The highest BCUT2D eigenvalue weighted by molar-refractivity contribution is 6.11. The van der Waals surface area contributed by atoms with Crippen molar-refractivity contribution in [2.24, 2.45) is 4.99 Å². The van der Waals surface area contributed by atoms with Crippen LogP contribution in [0.15, 0.2) is 23.2 Å². The van der Waals surface area contributed by atoms with Crippen LogP contribution in [0.2, 0.25) is 0 Å². The molecule has 4 heteroatoms. The van der Waals surface area contributed by atoms with Crippen molar-refractivity contribution in [2.45, 2.75) is 13.3 Å². The van der Waals surface area contributed by atoms with Crippen LogP contribution in [-0.2, 0) is 0 Å². The summed E-state index contributed by atoms with van der Waals surface area (Å²) in [4.78, 5) is 17.8. The molecule has 0 atom stereocenters. The number of benzene rings is 1. The normalized spacial score (nSPS) is 18.4. The van der Waals surface area contributed by atoms with E-state index in [9.17, 15) is 4.79 Å². The zero-order valence-electron chi connectivity index (χ0n) is 9.06. The number of nitrogens with zero attached hydrogens (tertiary/aromatic N) is 2. The first kappa shape index (κ1) is 9.39. The van der Waals surface area contributed by atoms with Crippen LogP contribution < -0.4 is 4.74 Å². The SMILES string of the molecule is Cc1ccc2c(c1)OC(=O)N1CCCN=C21. The van der Waals surface area contributed by atoms with Gasteiger partial charge in [-0.05, 0) is 31.0 Å². The summed E-state index contributed by atoms with van der Waals surface area (Å²) in [6.45, 7) is 3.46. The summed E-state index contributed by atoms with van der Waals surface area (Å²) < 4.78 is 5.29. The second-order valence-electron chi connectivity index (χ2n) is 4.08. The molecule has 0 spiro atoms. The Morgan fingerprint density at radius 1 is 1.44 bits per heavy atom. The molecule has 0 radical (unpaired) electrons. The maximum Gasteiger partial charge on any atom is 0.420 e. The smallest absolute Gasteiger partial charge is 0.409 e. The molecule has 0 fully saturated rings. The van der Waals surface area contributed by atoms with Crippen molar-refractivity contribution in [3.8, 4) is 5.75 Å². The maximum atomic E-state index is 11.7. The van der Waals surface area contributed by atoms with E-state index >= 15 is 0 Å². The Morgan fingerprint density at radius 2 is 2.31 bits per heavy atom. The van der Waals surface area contributed by atoms with Crippen molar-refractivity contribution in [3.05, 3.63) is 29.3 Å². The van der Waals surface area contributed by atoms with E-state index in [1.807, 2.05) is 25.1 Å². The first-order valence-corrected chi connectivity index (χ1v) is 5.40. The minimum absolute atomic E-state index is 0.309. The van der Waals surface area contributed by atoms with Gasteiger partial charge in [0.1, 0.15) is 11.6 Å². The Kier molecular flexibility index (Phi) is 1.96. The number of amides is 1. The van der Waals surface area contributed by atoms with Crippen molar-refractivity contribution in [3.63, 3.8) is 0 Å². The van der Waals surface area contributed by atoms with E-state index in [-0.39, 0.29) is 6.09 Å². The molecule has 16 heavy (non-hydrogen) atoms. The van der Waals surface area contributed by atoms with Gasteiger partial charge in [0, 0.05) is 13.1 Å². The van der Waals surface area contributed by atoms with Gasteiger partial charge in [0.2, 0.25) is 0 Å². The number of aliphatic imine (C=N–C) groups is 1. The lowest BCUT2D eigenvalue weighted by molar-refractivity contribution is 0.170. The fraction of sp³-hybridized carbons (Fsp3) is 0.333. The highest BCUT2D eigenvalue weighted by Gasteiger charge is 2.32. The van der Waals surface area contributed by atoms with Crippen LogP contribution in [-0.4, -0.2) is 29.9 Å². The molecule has 0 saturated carbocycles. The lowest BCUT2D eigenvalue weighted by Gasteiger charge is -2.31. The lowest BCUT2D eigenvalue weighted by atomic mass is 10.1. The number of hydrogen-bond donors (Lipinski definition) is 0. The number of rotatable bonds is 0. The Labute approximate surface area is 93.5 Å². The zero-order chi connectivity index (χ0) is 11.1. The number of ether oxygens (including phenoxy) is 1. The standard InChI is InChI=1S/C12H12N2O2/c1-8-3-4-9-10(7-8)16-12(15)14-6-2-5-13-11(9)14/h3-4,7H,2,5-6H2,1H3. The minimum Gasteiger partial charge on any atom is -0.409 e. The summed E-state index contributed by atoms with van der Waals surface area (Å²) >= 11 is 0. The monoisotopic (exact) mass is 216 g/mol. The third-order valence-electron chi connectivity index (χ3n) is 2.85. The van der Waals surface area contributed by atoms with Gasteiger partial charge in [0.05, 0.1) is 5.56 Å². The predicted molar refractivity (Wildman–Crippen MR) is 59.9 cm³/mol. The van der Waals surface area contributed by atoms with E-state index < -0.39 is 0 Å². The second-order valence-corrected chi connectivity index (χ2v) is 4.08. The lowest BCUT2D eigenvalue weighted by Crippen LogP contribution is -2.46. The van der Waals surface area contributed by atoms with Crippen LogP contribution in [0.1, 0.15) is 17.5 Å². The van der Waals surface area contributed by atoms with Gasteiger partial charge in [-0.3, -0.25) is 9.89 Å². The molecule has 2 aliphatic heterocycles. The number of hydrogen-bond acceptors (Lipinski definition) is 3. The molecular weight excluding hydrogens is 204 g/mol. The average molecular weight is 216 g/mol. The molecule has 3 rings (SSSR count). The molecule has 0 unspecified atom stereocenters. The number of aryl methyl sites for hydroxylation is 1. The topological polar surface area (TPSA) is 41.9 Å². The first-order chi connectivity index (χ1) is 7.75. The van der Waals surface area contributed by atoms with Gasteiger partial charge in [-0.1, -0.05) is 6.07 Å². The molecule has 2 aliphatic rings. The van der Waals surface area contributed by atoms with Crippen LogP contribution in [0.4, 0.5) is 4.79 Å². The molecule has 82 valence electrons. The highest BCUT2D eigenvalue weighted by atomic mass is 16.6. The molecule has 2 heterocycles. The maximum absolute atomic E-state index is 11.7. The third kappa shape index (κ3) is 1.30. The quantitative estimate of drug-likeness (QED) is 0.665. The fourth-order valence-corrected chi connectivity index (χ4v) is 2.06. The molecule has 0 aromatic heterocycles. The summed E-state index contributed by atoms with van der Waals surface area (Å²) in [5, 5.41) is 0. The molecule has 1 aromatic carbocycles. The fourth-order valence-electron chi connectivity index (χ4n) is 2.06. The van der Waals surface area contributed by atoms with Gasteiger partial charge in [0.15, 0.2) is 0 Å². The van der Waals surface area contributed by atoms with Crippen LogP contribution in [0, 0.1) is 6.92 Å². The Hall–Kier alpha value is -1.84. The van der Waals surface area contributed by atoms with Crippen molar-refractivity contribution < 1.29 is 9.53 Å². The molecule has 0 aliphatic carbocycles. The summed E-state index contributed by atoms with van der Waals surface area (Å²) in [6.07, 6.45) is 0.594. The molecule has 0 bridgehead atoms. The number of fused-ring (bicyclic) bond motifs is 3. The Bertz CT molecular complexity index is 494. The van der Waals surface area contributed by atoms with Crippen molar-refractivity contribution >= 4 is 11.9 Å². The molecule has 1 amide bonds. The molecular formula is C12H12N2O2. The van der Waals surface area contributed by atoms with Crippen LogP contribution in [0.25, 0.3) is 0 Å². The van der Waals surface area contributed by atoms with E-state index in [4.69, 9.17) is 4.74 Å². The summed E-state index contributed by atoms with van der Waals surface area (Å²) in [5.74, 6) is 1.39. The van der Waals surface area contributed by atoms with Gasteiger partial charge in [-0.2, -0.15) is 0 Å². The minimum atomic E-state index is -0.309. The van der Waals surface area contributed by atoms with E-state index in [1.165, 1.54) is 0 Å². The van der Waals surface area contributed by atoms with E-state index in [1.54, 1.807) is 4.90 Å². The number of carbonyl (C=O) groups excluding carboxylic acids is 1. The first-order valence-electron chi connectivity index (χ1n) is 5.40. The molecule has 1 aromatic rings. The van der Waals surface area contributed by atoms with Gasteiger partial charge in [0.25, 0.3) is 0 Å². The summed E-state index contributed by atoms with van der Waals surface area (Å²) in [7, 11) is 0. The van der Waals surface area contributed by atoms with Gasteiger partial charge in [-0.15, -0.1) is 0 Å². The van der Waals surface area contributed by atoms with Crippen molar-refractivity contribution in [2.75, 3.05) is 13.1 Å². The highest BCUT2D eigenvalue weighted by Crippen LogP contribution is 2.28. The zero-order valence-corrected chi connectivity index (χ0v) is 9.06. The number of carbonyl (C=O) groups is 1.